The van der Waals surface area contributed by atoms with Crippen LogP contribution >= 0.6 is 0 Å². The van der Waals surface area contributed by atoms with E-state index in [1.807, 2.05) is 6.07 Å². The molecule has 0 aliphatic heterocycles. The monoisotopic (exact) mass is 150 g/mol. The van der Waals surface area contributed by atoms with Crippen molar-refractivity contribution in [3.8, 4) is 5.75 Å². The summed E-state index contributed by atoms with van der Waals surface area (Å²) in [5.41, 5.74) is 0. The minimum absolute atomic E-state index is 0.521. The van der Waals surface area contributed by atoms with Gasteiger partial charge >= 0.3 is 6.47 Å². The number of para-hydroxylation sites is 1. The third-order valence-corrected chi connectivity index (χ3v) is 0.903. The van der Waals surface area contributed by atoms with Crippen LogP contribution in [0, 0.1) is 0 Å². The predicted octanol–water partition coefficient (Wildman–Crippen LogP) is 0.858. The van der Waals surface area contributed by atoms with Crippen molar-refractivity contribution in [3.63, 3.8) is 0 Å². The van der Waals surface area contributed by atoms with Gasteiger partial charge in [-0.05, 0) is 12.1 Å². The Labute approximate surface area is 64.6 Å². The van der Waals surface area contributed by atoms with Gasteiger partial charge in [-0.2, -0.15) is 0 Å². The minimum atomic E-state index is 0.521. The van der Waals surface area contributed by atoms with Crippen LogP contribution < -0.4 is 4.74 Å². The van der Waals surface area contributed by atoms with Crippen molar-refractivity contribution >= 4 is 13.3 Å². The standard InChI is InChI=1S/C7H5O2.CHO/c8-6-9-7-4-2-1-3-5-7;1-2/h1-5H;1H. The van der Waals surface area contributed by atoms with E-state index in [-0.39, 0.29) is 0 Å². The minimum Gasteiger partial charge on any atom is -0.418 e. The number of hydrogen-bond donors (Lipinski definition) is 0. The number of hydrogen-bond acceptors (Lipinski definition) is 3. The largest absolute Gasteiger partial charge is 0.423 e. The average Bonchev–Trinajstić information content (AvgIpc) is 2.11. The zero-order chi connectivity index (χ0) is 8.53. The lowest BCUT2D eigenvalue weighted by Crippen LogP contribution is -1.85. The van der Waals surface area contributed by atoms with E-state index in [1.54, 1.807) is 24.3 Å². The summed E-state index contributed by atoms with van der Waals surface area (Å²) in [7, 11) is 0. The molecule has 0 heterocycles. The Kier molecular flexibility index (Phi) is 5.51. The highest BCUT2D eigenvalue weighted by Crippen LogP contribution is 2.05. The molecule has 0 spiro atoms. The van der Waals surface area contributed by atoms with Gasteiger partial charge in [0.1, 0.15) is 5.75 Å². The highest BCUT2D eigenvalue weighted by molar-refractivity contribution is 5.45. The highest BCUT2D eigenvalue weighted by atomic mass is 16.5. The van der Waals surface area contributed by atoms with E-state index in [9.17, 15) is 4.79 Å². The first kappa shape index (κ1) is 9.36. The Hall–Kier alpha value is -1.64. The lowest BCUT2D eigenvalue weighted by molar-refractivity contribution is 0.443. The molecule has 0 unspecified atom stereocenters. The quantitative estimate of drug-likeness (QED) is 0.587. The van der Waals surface area contributed by atoms with Crippen LogP contribution in [0.15, 0.2) is 30.3 Å². The highest BCUT2D eigenvalue weighted by Gasteiger charge is 1.85. The number of carbonyl (C=O) groups excluding carboxylic acids is 2. The molecular formula is C8H6O3. The van der Waals surface area contributed by atoms with E-state index >= 15 is 0 Å². The Morgan fingerprint density at radius 2 is 1.73 bits per heavy atom. The second-order valence-corrected chi connectivity index (χ2v) is 1.50. The molecule has 3 nitrogen and oxygen atoms in total. The van der Waals surface area contributed by atoms with Gasteiger partial charge in [-0.15, -0.1) is 0 Å². The van der Waals surface area contributed by atoms with Gasteiger partial charge in [-0.1, -0.05) is 18.2 Å². The molecule has 0 saturated carbocycles. The van der Waals surface area contributed by atoms with Gasteiger partial charge < -0.3 is 4.74 Å². The number of benzene rings is 1. The van der Waals surface area contributed by atoms with Gasteiger partial charge in [0.15, 0.2) is 6.79 Å². The summed E-state index contributed by atoms with van der Waals surface area (Å²) in [6, 6.07) is 8.78. The van der Waals surface area contributed by atoms with Crippen molar-refractivity contribution < 1.29 is 14.3 Å². The summed E-state index contributed by atoms with van der Waals surface area (Å²) in [5.74, 6) is 0.521. The molecule has 56 valence electrons. The van der Waals surface area contributed by atoms with Crippen molar-refractivity contribution in [2.24, 2.45) is 0 Å². The van der Waals surface area contributed by atoms with Crippen molar-refractivity contribution in [1.82, 2.24) is 0 Å². The van der Waals surface area contributed by atoms with Crippen LogP contribution in [-0.4, -0.2) is 13.3 Å². The zero-order valence-corrected chi connectivity index (χ0v) is 5.69. The number of rotatable bonds is 2. The van der Waals surface area contributed by atoms with Gasteiger partial charge in [0.05, 0.1) is 0 Å². The fraction of sp³-hybridized carbons (Fsp3) is 0. The van der Waals surface area contributed by atoms with Crippen molar-refractivity contribution in [2.45, 2.75) is 0 Å². The molecule has 0 aliphatic carbocycles. The fourth-order valence-corrected chi connectivity index (χ4v) is 0.537. The molecule has 0 N–H and O–H groups in total. The third kappa shape index (κ3) is 3.86. The lowest BCUT2D eigenvalue weighted by Gasteiger charge is -1.90. The predicted molar refractivity (Wildman–Crippen MR) is 39.5 cm³/mol. The molecule has 0 amide bonds. The summed E-state index contributed by atoms with van der Waals surface area (Å²) in [4.78, 5) is 17.4. The molecule has 2 radical (unpaired) electrons. The molecule has 1 aromatic rings. The third-order valence-electron chi connectivity index (χ3n) is 0.903. The summed E-state index contributed by atoms with van der Waals surface area (Å²) in [5, 5.41) is 0. The van der Waals surface area contributed by atoms with Gasteiger partial charge in [-0.3, -0.25) is 4.79 Å². The second kappa shape index (κ2) is 6.48. The Morgan fingerprint density at radius 1 is 1.18 bits per heavy atom. The first-order valence-electron chi connectivity index (χ1n) is 2.76. The van der Waals surface area contributed by atoms with Gasteiger partial charge in [0, 0.05) is 0 Å². The van der Waals surface area contributed by atoms with E-state index in [2.05, 4.69) is 11.5 Å². The van der Waals surface area contributed by atoms with E-state index in [0.29, 0.717) is 5.75 Å². The summed E-state index contributed by atoms with van der Waals surface area (Å²) < 4.78 is 4.40. The summed E-state index contributed by atoms with van der Waals surface area (Å²) >= 11 is 0. The Bertz CT molecular complexity index is 196. The molecular weight excluding hydrogens is 144 g/mol. The fourth-order valence-electron chi connectivity index (χ4n) is 0.537. The molecule has 0 atom stereocenters. The van der Waals surface area contributed by atoms with Crippen LogP contribution in [0.2, 0.25) is 0 Å². The number of ether oxygens (including phenoxy) is 1. The van der Waals surface area contributed by atoms with Crippen LogP contribution in [-0.2, 0) is 9.59 Å². The van der Waals surface area contributed by atoms with Crippen LogP contribution in [0.5, 0.6) is 5.75 Å². The molecule has 0 saturated heterocycles. The van der Waals surface area contributed by atoms with Crippen LogP contribution in [0.4, 0.5) is 0 Å². The van der Waals surface area contributed by atoms with Gasteiger partial charge in [0.25, 0.3) is 0 Å². The maximum Gasteiger partial charge on any atom is 0.423 e. The zero-order valence-electron chi connectivity index (χ0n) is 5.69. The summed E-state index contributed by atoms with van der Waals surface area (Å²) in [6.07, 6.45) is 0. The smallest absolute Gasteiger partial charge is 0.418 e. The second-order valence-electron chi connectivity index (χ2n) is 1.50. The molecule has 3 heteroatoms. The molecule has 0 fully saturated rings. The van der Waals surface area contributed by atoms with E-state index in [4.69, 9.17) is 4.79 Å². The molecule has 11 heavy (non-hydrogen) atoms. The maximum absolute atomic E-state index is 9.63. The van der Waals surface area contributed by atoms with Crippen LogP contribution in [0.25, 0.3) is 0 Å². The molecule has 0 aliphatic rings. The van der Waals surface area contributed by atoms with E-state index in [0.717, 1.165) is 0 Å². The topological polar surface area (TPSA) is 43.4 Å². The van der Waals surface area contributed by atoms with Crippen molar-refractivity contribution in [1.29, 1.82) is 0 Å². The Balaban J connectivity index is 0.000000461. The maximum atomic E-state index is 9.63. The molecule has 0 bridgehead atoms. The molecule has 1 rings (SSSR count). The summed E-state index contributed by atoms with van der Waals surface area (Å²) in [6.45, 7) is 4.58. The van der Waals surface area contributed by atoms with Crippen LogP contribution in [0.1, 0.15) is 0 Å². The molecule has 1 aromatic carbocycles. The van der Waals surface area contributed by atoms with Crippen LogP contribution in [0.3, 0.4) is 0 Å². The normalized spacial score (nSPS) is 7.27. The molecule has 0 aromatic heterocycles. The van der Waals surface area contributed by atoms with Gasteiger partial charge in [0.2, 0.25) is 0 Å². The van der Waals surface area contributed by atoms with Gasteiger partial charge in [-0.25, -0.2) is 4.79 Å². The van der Waals surface area contributed by atoms with E-state index < -0.39 is 0 Å². The average molecular weight is 150 g/mol. The first-order valence-corrected chi connectivity index (χ1v) is 2.76. The Morgan fingerprint density at radius 3 is 2.18 bits per heavy atom. The van der Waals surface area contributed by atoms with Crippen molar-refractivity contribution in [3.05, 3.63) is 30.3 Å². The SMILES string of the molecule is O=[C]Oc1ccccc1.[CH]=O. The van der Waals surface area contributed by atoms with E-state index in [1.165, 1.54) is 6.47 Å². The first-order chi connectivity index (χ1) is 5.43. The van der Waals surface area contributed by atoms with Crippen molar-refractivity contribution in [2.75, 3.05) is 0 Å². The lowest BCUT2D eigenvalue weighted by atomic mass is 10.3.